The van der Waals surface area contributed by atoms with Gasteiger partial charge in [-0.3, -0.25) is 9.79 Å². The molecule has 6 heteroatoms. The monoisotopic (exact) mass is 355 g/mol. The van der Waals surface area contributed by atoms with E-state index in [4.69, 9.17) is 14.6 Å². The molecule has 0 bridgehead atoms. The summed E-state index contributed by atoms with van der Waals surface area (Å²) in [6, 6.07) is 11.4. The minimum Gasteiger partial charge on any atom is -0.490 e. The van der Waals surface area contributed by atoms with Crippen LogP contribution in [0.4, 0.5) is 5.69 Å². The molecule has 0 atom stereocenters. The van der Waals surface area contributed by atoms with E-state index in [-0.39, 0.29) is 17.5 Å². The highest BCUT2D eigenvalue weighted by Crippen LogP contribution is 2.29. The number of carboxylic acids is 1. The number of benzene rings is 2. The van der Waals surface area contributed by atoms with E-state index in [2.05, 4.69) is 4.99 Å². The summed E-state index contributed by atoms with van der Waals surface area (Å²) in [7, 11) is 0. The van der Waals surface area contributed by atoms with Gasteiger partial charge in [-0.25, -0.2) is 4.79 Å². The molecule has 0 aliphatic rings. The quantitative estimate of drug-likeness (QED) is 0.459. The van der Waals surface area contributed by atoms with Crippen molar-refractivity contribution in [2.75, 3.05) is 6.61 Å². The van der Waals surface area contributed by atoms with Gasteiger partial charge in [0, 0.05) is 6.21 Å². The van der Waals surface area contributed by atoms with Crippen molar-refractivity contribution in [1.82, 2.24) is 0 Å². The van der Waals surface area contributed by atoms with E-state index in [0.717, 1.165) is 5.56 Å². The Hall–Kier alpha value is -3.15. The van der Waals surface area contributed by atoms with Crippen LogP contribution >= 0.6 is 0 Å². The minimum absolute atomic E-state index is 0.207. The number of rotatable bonds is 7. The normalized spacial score (nSPS) is 10.9. The lowest BCUT2D eigenvalue weighted by atomic mass is 10.2. The van der Waals surface area contributed by atoms with Crippen molar-refractivity contribution in [2.45, 2.75) is 20.8 Å². The molecule has 0 saturated carbocycles. The van der Waals surface area contributed by atoms with Crippen molar-refractivity contribution in [1.29, 1.82) is 0 Å². The van der Waals surface area contributed by atoms with Crippen LogP contribution in [-0.4, -0.2) is 29.9 Å². The molecule has 0 fully saturated rings. The molecule has 2 rings (SSSR count). The molecule has 6 nitrogen and oxygen atoms in total. The third-order valence-corrected chi connectivity index (χ3v) is 3.43. The van der Waals surface area contributed by atoms with E-state index in [1.54, 1.807) is 50.4 Å². The molecule has 2 aromatic carbocycles. The van der Waals surface area contributed by atoms with E-state index in [9.17, 15) is 9.59 Å². The minimum atomic E-state index is -0.978. The van der Waals surface area contributed by atoms with Crippen LogP contribution in [0, 0.1) is 5.92 Å². The predicted molar refractivity (Wildman–Crippen MR) is 98.7 cm³/mol. The number of carbonyl (C=O) groups is 2. The van der Waals surface area contributed by atoms with Crippen LogP contribution in [0.2, 0.25) is 0 Å². The standard InChI is InChI=1S/C20H21NO5/c1-4-25-18-11-14(5-10-17(18)26-20(24)13(2)3)12-21-16-8-6-15(7-9-16)19(22)23/h5-13H,4H2,1-3H3,(H,22,23). The third-order valence-electron chi connectivity index (χ3n) is 3.43. The topological polar surface area (TPSA) is 85.2 Å². The van der Waals surface area contributed by atoms with Gasteiger partial charge in [0.05, 0.1) is 23.8 Å². The zero-order valence-electron chi connectivity index (χ0n) is 14.9. The number of aliphatic imine (C=N–C) groups is 1. The lowest BCUT2D eigenvalue weighted by Gasteiger charge is -2.12. The first-order valence-electron chi connectivity index (χ1n) is 8.26. The van der Waals surface area contributed by atoms with Crippen LogP contribution in [0.15, 0.2) is 47.5 Å². The number of carboxylic acid groups (broad SMARTS) is 1. The largest absolute Gasteiger partial charge is 0.490 e. The molecule has 1 N–H and O–H groups in total. The zero-order valence-corrected chi connectivity index (χ0v) is 14.9. The molecule has 0 unspecified atom stereocenters. The average Bonchev–Trinajstić information content (AvgIpc) is 2.62. The smallest absolute Gasteiger partial charge is 0.335 e. The lowest BCUT2D eigenvalue weighted by molar-refractivity contribution is -0.137. The fourth-order valence-electron chi connectivity index (χ4n) is 2.02. The zero-order chi connectivity index (χ0) is 19.1. The van der Waals surface area contributed by atoms with Crippen molar-refractivity contribution >= 4 is 23.8 Å². The Bertz CT molecular complexity index is 809. The molecule has 0 radical (unpaired) electrons. The second-order valence-electron chi connectivity index (χ2n) is 5.83. The average molecular weight is 355 g/mol. The molecule has 0 aliphatic heterocycles. The highest BCUT2D eigenvalue weighted by Gasteiger charge is 2.14. The number of nitrogens with zero attached hydrogens (tertiary/aromatic N) is 1. The van der Waals surface area contributed by atoms with Gasteiger partial charge in [-0.2, -0.15) is 0 Å². The molecule has 0 amide bonds. The summed E-state index contributed by atoms with van der Waals surface area (Å²) < 4.78 is 10.9. The molecule has 26 heavy (non-hydrogen) atoms. The lowest BCUT2D eigenvalue weighted by Crippen LogP contribution is -2.15. The van der Waals surface area contributed by atoms with Gasteiger partial charge in [-0.15, -0.1) is 0 Å². The second kappa shape index (κ2) is 8.80. The van der Waals surface area contributed by atoms with Crippen molar-refractivity contribution in [3.8, 4) is 11.5 Å². The van der Waals surface area contributed by atoms with E-state index in [0.29, 0.717) is 23.8 Å². The number of hydrogen-bond donors (Lipinski definition) is 1. The first kappa shape index (κ1) is 19.2. The fraction of sp³-hybridized carbons (Fsp3) is 0.250. The van der Waals surface area contributed by atoms with Gasteiger partial charge in [0.2, 0.25) is 0 Å². The van der Waals surface area contributed by atoms with Gasteiger partial charge in [-0.05, 0) is 55.0 Å². The summed E-state index contributed by atoms with van der Waals surface area (Å²) in [5, 5.41) is 8.90. The SMILES string of the molecule is CCOc1cc(C=Nc2ccc(C(=O)O)cc2)ccc1OC(=O)C(C)C. The first-order chi connectivity index (χ1) is 12.4. The fourth-order valence-corrected chi connectivity index (χ4v) is 2.02. The van der Waals surface area contributed by atoms with Gasteiger partial charge in [0.15, 0.2) is 11.5 Å². The summed E-state index contributed by atoms with van der Waals surface area (Å²) in [4.78, 5) is 27.0. The summed E-state index contributed by atoms with van der Waals surface area (Å²) >= 11 is 0. The van der Waals surface area contributed by atoms with Crippen molar-refractivity contribution in [2.24, 2.45) is 10.9 Å². The first-order valence-corrected chi connectivity index (χ1v) is 8.26. The number of hydrogen-bond acceptors (Lipinski definition) is 5. The highest BCUT2D eigenvalue weighted by atomic mass is 16.6. The molecular weight excluding hydrogens is 334 g/mol. The Kier molecular flexibility index (Phi) is 6.49. The maximum absolute atomic E-state index is 11.8. The molecule has 0 aliphatic carbocycles. The highest BCUT2D eigenvalue weighted by molar-refractivity contribution is 5.88. The molecule has 0 heterocycles. The molecule has 0 spiro atoms. The second-order valence-corrected chi connectivity index (χ2v) is 5.83. The predicted octanol–water partition coefficient (Wildman–Crippen LogP) is 4.10. The van der Waals surface area contributed by atoms with Crippen LogP contribution < -0.4 is 9.47 Å². The van der Waals surface area contributed by atoms with Crippen LogP contribution in [0.3, 0.4) is 0 Å². The van der Waals surface area contributed by atoms with Gasteiger partial charge >= 0.3 is 11.9 Å². The number of esters is 1. The van der Waals surface area contributed by atoms with E-state index in [1.165, 1.54) is 12.1 Å². The van der Waals surface area contributed by atoms with Crippen molar-refractivity contribution < 1.29 is 24.2 Å². The number of aromatic carboxylic acids is 1. The van der Waals surface area contributed by atoms with Gasteiger partial charge < -0.3 is 14.6 Å². The molecule has 2 aromatic rings. The van der Waals surface area contributed by atoms with Crippen LogP contribution in [0.5, 0.6) is 11.5 Å². The molecule has 0 saturated heterocycles. The Morgan fingerprint density at radius 3 is 2.38 bits per heavy atom. The summed E-state index contributed by atoms with van der Waals surface area (Å²) in [6.07, 6.45) is 1.63. The number of carbonyl (C=O) groups excluding carboxylic acids is 1. The number of ether oxygens (including phenoxy) is 2. The van der Waals surface area contributed by atoms with E-state index < -0.39 is 5.97 Å². The Morgan fingerprint density at radius 1 is 1.12 bits per heavy atom. The van der Waals surface area contributed by atoms with Crippen molar-refractivity contribution in [3.05, 3.63) is 53.6 Å². The van der Waals surface area contributed by atoms with E-state index in [1.807, 2.05) is 6.92 Å². The van der Waals surface area contributed by atoms with Gasteiger partial charge in [0.25, 0.3) is 0 Å². The Balaban J connectivity index is 2.20. The Morgan fingerprint density at radius 2 is 1.81 bits per heavy atom. The summed E-state index contributed by atoms with van der Waals surface area (Å²) in [5.74, 6) is -0.709. The molecule has 0 aromatic heterocycles. The molecule has 136 valence electrons. The molecular formula is C20H21NO5. The third kappa shape index (κ3) is 5.17. The Labute approximate surface area is 152 Å². The summed E-state index contributed by atoms with van der Waals surface area (Å²) in [5.41, 5.74) is 1.60. The summed E-state index contributed by atoms with van der Waals surface area (Å²) in [6.45, 7) is 5.81. The maximum Gasteiger partial charge on any atom is 0.335 e. The van der Waals surface area contributed by atoms with Gasteiger partial charge in [-0.1, -0.05) is 13.8 Å². The van der Waals surface area contributed by atoms with Crippen LogP contribution in [-0.2, 0) is 4.79 Å². The van der Waals surface area contributed by atoms with Crippen LogP contribution in [0.25, 0.3) is 0 Å². The van der Waals surface area contributed by atoms with Crippen molar-refractivity contribution in [3.63, 3.8) is 0 Å². The van der Waals surface area contributed by atoms with Crippen LogP contribution in [0.1, 0.15) is 36.7 Å². The van der Waals surface area contributed by atoms with E-state index >= 15 is 0 Å². The maximum atomic E-state index is 11.8. The van der Waals surface area contributed by atoms with Gasteiger partial charge in [0.1, 0.15) is 0 Å².